The van der Waals surface area contributed by atoms with Gasteiger partial charge in [-0.2, -0.15) is 11.8 Å². The third-order valence-electron chi connectivity index (χ3n) is 1.31. The second kappa shape index (κ2) is 6.80. The molecule has 66 valence electrons. The van der Waals surface area contributed by atoms with Crippen molar-refractivity contribution in [3.05, 3.63) is 0 Å². The molecule has 0 aliphatic rings. The van der Waals surface area contributed by atoms with Crippen molar-refractivity contribution >= 4 is 29.3 Å². The van der Waals surface area contributed by atoms with Gasteiger partial charge >= 0.3 is 0 Å². The highest BCUT2D eigenvalue weighted by atomic mass is 35.5. The minimum atomic E-state index is 0.0425. The van der Waals surface area contributed by atoms with Crippen molar-refractivity contribution < 1.29 is 4.79 Å². The van der Waals surface area contributed by atoms with Crippen LogP contribution in [0.25, 0.3) is 0 Å². The lowest BCUT2D eigenvalue weighted by molar-refractivity contribution is -0.120. The Kier molecular flexibility index (Phi) is 6.87. The lowest BCUT2D eigenvalue weighted by Crippen LogP contribution is -2.29. The number of rotatable bonds is 5. The predicted molar refractivity (Wildman–Crippen MR) is 51.3 cm³/mol. The van der Waals surface area contributed by atoms with Crippen LogP contribution in [0.5, 0.6) is 0 Å². The number of amides is 1. The molecule has 0 aromatic carbocycles. The summed E-state index contributed by atoms with van der Waals surface area (Å²) in [4.78, 5) is 10.9. The van der Waals surface area contributed by atoms with E-state index in [-0.39, 0.29) is 5.91 Å². The van der Waals surface area contributed by atoms with E-state index in [9.17, 15) is 4.79 Å². The van der Waals surface area contributed by atoms with E-state index in [2.05, 4.69) is 12.2 Å². The number of carbonyl (C=O) groups excluding carboxylic acids is 1. The summed E-state index contributed by atoms with van der Waals surface area (Å²) in [6.07, 6.45) is 2.45. The fourth-order valence-corrected chi connectivity index (χ4v) is 0.937. The van der Waals surface area contributed by atoms with Gasteiger partial charge in [-0.25, -0.2) is 0 Å². The second-order valence-electron chi connectivity index (χ2n) is 2.29. The van der Waals surface area contributed by atoms with E-state index < -0.39 is 0 Å². The van der Waals surface area contributed by atoms with Gasteiger partial charge in [0, 0.05) is 24.1 Å². The molecule has 0 aromatic heterocycles. The minimum Gasteiger partial charge on any atom is -0.355 e. The van der Waals surface area contributed by atoms with Crippen molar-refractivity contribution in [3.8, 4) is 0 Å². The molecule has 0 radical (unpaired) electrons. The maximum Gasteiger partial charge on any atom is 0.221 e. The summed E-state index contributed by atoms with van der Waals surface area (Å²) in [6, 6.07) is 0. The SMILES string of the molecule is CSC(C)CNC(=O)CCCl. The molecule has 0 saturated heterocycles. The van der Waals surface area contributed by atoms with Crippen LogP contribution < -0.4 is 5.32 Å². The van der Waals surface area contributed by atoms with Gasteiger partial charge in [0.25, 0.3) is 0 Å². The smallest absolute Gasteiger partial charge is 0.221 e. The zero-order valence-corrected chi connectivity index (χ0v) is 8.47. The van der Waals surface area contributed by atoms with Crippen LogP contribution in [0.1, 0.15) is 13.3 Å². The van der Waals surface area contributed by atoms with Crippen molar-refractivity contribution in [2.24, 2.45) is 0 Å². The Hall–Kier alpha value is 0.110. The van der Waals surface area contributed by atoms with E-state index in [1.807, 2.05) is 6.26 Å². The third kappa shape index (κ3) is 6.51. The maximum atomic E-state index is 10.9. The molecule has 0 heterocycles. The number of nitrogens with one attached hydrogen (secondary N) is 1. The molecule has 1 unspecified atom stereocenters. The van der Waals surface area contributed by atoms with E-state index in [1.54, 1.807) is 11.8 Å². The third-order valence-corrected chi connectivity index (χ3v) is 2.47. The highest BCUT2D eigenvalue weighted by Crippen LogP contribution is 2.02. The number of carbonyl (C=O) groups is 1. The van der Waals surface area contributed by atoms with E-state index in [4.69, 9.17) is 11.6 Å². The summed E-state index contributed by atoms with van der Waals surface area (Å²) in [5.41, 5.74) is 0. The molecule has 4 heteroatoms. The predicted octanol–water partition coefficient (Wildman–Crippen LogP) is 1.48. The number of thioether (sulfide) groups is 1. The molecule has 2 nitrogen and oxygen atoms in total. The van der Waals surface area contributed by atoms with Crippen molar-refractivity contribution in [2.75, 3.05) is 18.7 Å². The summed E-state index contributed by atoms with van der Waals surface area (Å²) in [5.74, 6) is 0.445. The van der Waals surface area contributed by atoms with Crippen LogP contribution in [0.15, 0.2) is 0 Å². The van der Waals surface area contributed by atoms with Gasteiger partial charge in [-0.3, -0.25) is 4.79 Å². The lowest BCUT2D eigenvalue weighted by atomic mass is 10.4. The fraction of sp³-hybridized carbons (Fsp3) is 0.857. The molecule has 0 bridgehead atoms. The highest BCUT2D eigenvalue weighted by molar-refractivity contribution is 7.99. The van der Waals surface area contributed by atoms with Crippen LogP contribution in [-0.4, -0.2) is 29.8 Å². The molecular formula is C7H14ClNOS. The van der Waals surface area contributed by atoms with Gasteiger partial charge in [-0.15, -0.1) is 11.6 Å². The van der Waals surface area contributed by atoms with E-state index >= 15 is 0 Å². The average molecular weight is 196 g/mol. The van der Waals surface area contributed by atoms with Crippen molar-refractivity contribution in [1.29, 1.82) is 0 Å². The molecule has 1 amide bonds. The topological polar surface area (TPSA) is 29.1 Å². The Morgan fingerprint density at radius 3 is 2.82 bits per heavy atom. The molecule has 0 aliphatic heterocycles. The molecule has 0 rings (SSSR count). The standard InChI is InChI=1S/C7H14ClNOS/c1-6(11-2)5-9-7(10)3-4-8/h6H,3-5H2,1-2H3,(H,9,10). The van der Waals surface area contributed by atoms with Gasteiger partial charge in [0.1, 0.15) is 0 Å². The summed E-state index contributed by atoms with van der Waals surface area (Å²) in [7, 11) is 0. The number of hydrogen-bond acceptors (Lipinski definition) is 2. The molecule has 1 N–H and O–H groups in total. The van der Waals surface area contributed by atoms with Gasteiger partial charge in [-0.1, -0.05) is 6.92 Å². The molecule has 11 heavy (non-hydrogen) atoms. The maximum absolute atomic E-state index is 10.9. The summed E-state index contributed by atoms with van der Waals surface area (Å²) < 4.78 is 0. The zero-order chi connectivity index (χ0) is 8.69. The Morgan fingerprint density at radius 1 is 1.73 bits per heavy atom. The van der Waals surface area contributed by atoms with Crippen molar-refractivity contribution in [1.82, 2.24) is 5.32 Å². The zero-order valence-electron chi connectivity index (χ0n) is 6.89. The minimum absolute atomic E-state index is 0.0425. The van der Waals surface area contributed by atoms with Crippen LogP contribution in [0.4, 0.5) is 0 Å². The van der Waals surface area contributed by atoms with Crippen LogP contribution in [0, 0.1) is 0 Å². The van der Waals surface area contributed by atoms with Crippen LogP contribution in [0.3, 0.4) is 0 Å². The molecule has 0 fully saturated rings. The van der Waals surface area contributed by atoms with Gasteiger partial charge < -0.3 is 5.32 Å². The Morgan fingerprint density at radius 2 is 2.36 bits per heavy atom. The monoisotopic (exact) mass is 195 g/mol. The largest absolute Gasteiger partial charge is 0.355 e. The summed E-state index contributed by atoms with van der Waals surface area (Å²) in [5, 5.41) is 3.27. The normalized spacial score (nSPS) is 12.6. The van der Waals surface area contributed by atoms with E-state index in [0.29, 0.717) is 17.6 Å². The molecule has 1 atom stereocenters. The number of halogens is 1. The number of hydrogen-bond donors (Lipinski definition) is 1. The summed E-state index contributed by atoms with van der Waals surface area (Å²) >= 11 is 7.12. The van der Waals surface area contributed by atoms with Crippen LogP contribution in [0.2, 0.25) is 0 Å². The van der Waals surface area contributed by atoms with Crippen molar-refractivity contribution in [2.45, 2.75) is 18.6 Å². The fourth-order valence-electron chi connectivity index (χ4n) is 0.515. The first-order chi connectivity index (χ1) is 5.20. The molecule has 0 aromatic rings. The van der Waals surface area contributed by atoms with Crippen molar-refractivity contribution in [3.63, 3.8) is 0 Å². The van der Waals surface area contributed by atoms with Gasteiger partial charge in [0.15, 0.2) is 0 Å². The quantitative estimate of drug-likeness (QED) is 0.674. The highest BCUT2D eigenvalue weighted by Gasteiger charge is 2.02. The first-order valence-electron chi connectivity index (χ1n) is 3.56. The first kappa shape index (κ1) is 11.1. The lowest BCUT2D eigenvalue weighted by Gasteiger charge is -2.08. The van der Waals surface area contributed by atoms with Crippen LogP contribution in [-0.2, 0) is 4.79 Å². The van der Waals surface area contributed by atoms with Gasteiger partial charge in [-0.05, 0) is 6.26 Å². The first-order valence-corrected chi connectivity index (χ1v) is 5.38. The number of alkyl halides is 1. The Labute approximate surface area is 77.1 Å². The van der Waals surface area contributed by atoms with Crippen LogP contribution >= 0.6 is 23.4 Å². The molecule has 0 spiro atoms. The van der Waals surface area contributed by atoms with E-state index in [0.717, 1.165) is 6.54 Å². The van der Waals surface area contributed by atoms with Gasteiger partial charge in [0.05, 0.1) is 0 Å². The Balaban J connectivity index is 3.30. The van der Waals surface area contributed by atoms with E-state index in [1.165, 1.54) is 0 Å². The summed E-state index contributed by atoms with van der Waals surface area (Å²) in [6.45, 7) is 2.81. The van der Waals surface area contributed by atoms with Gasteiger partial charge in [0.2, 0.25) is 5.91 Å². The molecule has 0 saturated carbocycles. The average Bonchev–Trinajstić information content (AvgIpc) is 2.01. The Bertz CT molecular complexity index is 121. The second-order valence-corrected chi connectivity index (χ2v) is 3.94. The molecule has 0 aliphatic carbocycles. The molecular weight excluding hydrogens is 182 g/mol.